The van der Waals surface area contributed by atoms with Crippen LogP contribution < -0.4 is 0 Å². The summed E-state index contributed by atoms with van der Waals surface area (Å²) in [6, 6.07) is 6.91. The van der Waals surface area contributed by atoms with Gasteiger partial charge >= 0.3 is 6.18 Å². The molecule has 1 aromatic carbocycles. The van der Waals surface area contributed by atoms with Crippen molar-refractivity contribution in [1.29, 1.82) is 0 Å². The first kappa shape index (κ1) is 12.2. The molecule has 0 aromatic heterocycles. The summed E-state index contributed by atoms with van der Waals surface area (Å²) < 4.78 is 37.7. The molecule has 2 rings (SSSR count). The lowest BCUT2D eigenvalue weighted by Gasteiger charge is -2.16. The molecule has 0 fully saturated rings. The van der Waals surface area contributed by atoms with E-state index in [1.165, 1.54) is 12.2 Å². The van der Waals surface area contributed by atoms with E-state index in [0.29, 0.717) is 23.4 Å². The third-order valence-corrected chi connectivity index (χ3v) is 2.87. The van der Waals surface area contributed by atoms with Crippen LogP contribution in [0.15, 0.2) is 42.0 Å². The highest BCUT2D eigenvalue weighted by Gasteiger charge is 2.33. The van der Waals surface area contributed by atoms with E-state index in [9.17, 15) is 13.2 Å². The van der Waals surface area contributed by atoms with Crippen LogP contribution in [-0.4, -0.2) is 6.18 Å². The Kier molecular flexibility index (Phi) is 3.29. The molecule has 90 valence electrons. The summed E-state index contributed by atoms with van der Waals surface area (Å²) >= 11 is 5.83. The average Bonchev–Trinajstić information content (AvgIpc) is 2.28. The van der Waals surface area contributed by atoms with Gasteiger partial charge in [-0.3, -0.25) is 0 Å². The number of halogens is 4. The SMILES string of the molecule is FC(F)(F)C1=CCCC(c2cccc(Cl)c2)=C1. The van der Waals surface area contributed by atoms with Crippen molar-refractivity contribution in [2.24, 2.45) is 0 Å². The Hall–Kier alpha value is -1.22. The second-order valence-corrected chi connectivity index (χ2v) is 4.31. The van der Waals surface area contributed by atoms with Crippen molar-refractivity contribution in [1.82, 2.24) is 0 Å². The molecule has 0 saturated heterocycles. The van der Waals surface area contributed by atoms with Gasteiger partial charge in [0, 0.05) is 5.02 Å². The molecule has 17 heavy (non-hydrogen) atoms. The molecule has 0 unspecified atom stereocenters. The van der Waals surface area contributed by atoms with Gasteiger partial charge in [-0.2, -0.15) is 13.2 Å². The van der Waals surface area contributed by atoms with Crippen LogP contribution >= 0.6 is 11.6 Å². The van der Waals surface area contributed by atoms with Gasteiger partial charge in [-0.15, -0.1) is 0 Å². The number of hydrogen-bond donors (Lipinski definition) is 0. The normalized spacial score (nSPS) is 16.5. The number of rotatable bonds is 1. The van der Waals surface area contributed by atoms with Gasteiger partial charge in [0.15, 0.2) is 0 Å². The lowest BCUT2D eigenvalue weighted by molar-refractivity contribution is -0.0885. The quantitative estimate of drug-likeness (QED) is 0.664. The van der Waals surface area contributed by atoms with Gasteiger partial charge in [0.05, 0.1) is 5.57 Å². The van der Waals surface area contributed by atoms with Crippen LogP contribution in [0.2, 0.25) is 5.02 Å². The fourth-order valence-electron chi connectivity index (χ4n) is 1.82. The molecule has 1 aliphatic carbocycles. The standard InChI is InChI=1S/C13H10ClF3/c14-12-6-2-4-10(8-12)9-3-1-5-11(7-9)13(15,16)17/h2,4-8H,1,3H2. The van der Waals surface area contributed by atoms with Crippen molar-refractivity contribution in [3.63, 3.8) is 0 Å². The highest BCUT2D eigenvalue weighted by atomic mass is 35.5. The summed E-state index contributed by atoms with van der Waals surface area (Å²) in [5, 5.41) is 0.534. The van der Waals surface area contributed by atoms with Crippen molar-refractivity contribution in [3.05, 3.63) is 52.6 Å². The lowest BCUT2D eigenvalue weighted by atomic mass is 9.93. The first-order valence-electron chi connectivity index (χ1n) is 5.21. The van der Waals surface area contributed by atoms with Crippen molar-refractivity contribution in [2.45, 2.75) is 19.0 Å². The molecule has 0 amide bonds. The van der Waals surface area contributed by atoms with Crippen LogP contribution in [0.3, 0.4) is 0 Å². The van der Waals surface area contributed by atoms with Crippen LogP contribution in [-0.2, 0) is 0 Å². The molecular formula is C13H10ClF3. The smallest absolute Gasteiger partial charge is 0.166 e. The zero-order valence-electron chi connectivity index (χ0n) is 8.89. The van der Waals surface area contributed by atoms with E-state index in [1.54, 1.807) is 24.3 Å². The number of benzene rings is 1. The maximum Gasteiger partial charge on any atom is 0.416 e. The van der Waals surface area contributed by atoms with Crippen LogP contribution in [0, 0.1) is 0 Å². The molecular weight excluding hydrogens is 249 g/mol. The van der Waals surface area contributed by atoms with E-state index >= 15 is 0 Å². The summed E-state index contributed by atoms with van der Waals surface area (Å²) in [5.41, 5.74) is 0.869. The van der Waals surface area contributed by atoms with Crippen molar-refractivity contribution in [3.8, 4) is 0 Å². The van der Waals surface area contributed by atoms with Crippen LogP contribution in [0.25, 0.3) is 5.57 Å². The molecule has 1 aliphatic rings. The minimum absolute atomic E-state index is 0.410. The zero-order valence-corrected chi connectivity index (χ0v) is 9.65. The minimum Gasteiger partial charge on any atom is -0.166 e. The zero-order chi connectivity index (χ0) is 12.5. The fraction of sp³-hybridized carbons (Fsp3) is 0.231. The Morgan fingerprint density at radius 2 is 1.94 bits per heavy atom. The van der Waals surface area contributed by atoms with Gasteiger partial charge < -0.3 is 0 Å². The van der Waals surface area contributed by atoms with Crippen LogP contribution in [0.1, 0.15) is 18.4 Å². The molecule has 4 heteroatoms. The molecule has 0 aliphatic heterocycles. The summed E-state index contributed by atoms with van der Waals surface area (Å²) in [6.45, 7) is 0. The Labute approximate surface area is 102 Å². The monoisotopic (exact) mass is 258 g/mol. The van der Waals surface area contributed by atoms with Gasteiger partial charge in [-0.05, 0) is 42.2 Å². The third kappa shape index (κ3) is 2.91. The largest absolute Gasteiger partial charge is 0.416 e. The summed E-state index contributed by atoms with van der Waals surface area (Å²) in [5.74, 6) is 0. The average molecular weight is 259 g/mol. The number of alkyl halides is 3. The van der Waals surface area contributed by atoms with E-state index in [1.807, 2.05) is 0 Å². The van der Waals surface area contributed by atoms with Crippen molar-refractivity contribution in [2.75, 3.05) is 0 Å². The summed E-state index contributed by atoms with van der Waals surface area (Å²) in [6.07, 6.45) is -0.819. The summed E-state index contributed by atoms with van der Waals surface area (Å²) in [7, 11) is 0. The van der Waals surface area contributed by atoms with Gasteiger partial charge in [-0.1, -0.05) is 29.8 Å². The molecule has 0 N–H and O–H groups in total. The maximum absolute atomic E-state index is 12.6. The van der Waals surface area contributed by atoms with Crippen molar-refractivity contribution < 1.29 is 13.2 Å². The highest BCUT2D eigenvalue weighted by molar-refractivity contribution is 6.30. The Balaban J connectivity index is 2.35. The number of allylic oxidation sites excluding steroid dienone is 4. The second-order valence-electron chi connectivity index (χ2n) is 3.88. The molecule has 0 bridgehead atoms. The van der Waals surface area contributed by atoms with E-state index < -0.39 is 11.7 Å². The summed E-state index contributed by atoms with van der Waals surface area (Å²) in [4.78, 5) is 0. The van der Waals surface area contributed by atoms with Crippen molar-refractivity contribution >= 4 is 17.2 Å². The van der Waals surface area contributed by atoms with Gasteiger partial charge in [0.2, 0.25) is 0 Å². The van der Waals surface area contributed by atoms with Gasteiger partial charge in [0.25, 0.3) is 0 Å². The second kappa shape index (κ2) is 4.57. The van der Waals surface area contributed by atoms with E-state index in [-0.39, 0.29) is 0 Å². The lowest BCUT2D eigenvalue weighted by Crippen LogP contribution is -2.12. The molecule has 0 spiro atoms. The highest BCUT2D eigenvalue weighted by Crippen LogP contribution is 2.35. The Morgan fingerprint density at radius 3 is 2.59 bits per heavy atom. The minimum atomic E-state index is -4.27. The number of hydrogen-bond acceptors (Lipinski definition) is 0. The molecule has 0 heterocycles. The molecule has 0 radical (unpaired) electrons. The Bertz CT molecular complexity index is 484. The topological polar surface area (TPSA) is 0 Å². The fourth-order valence-corrected chi connectivity index (χ4v) is 2.01. The first-order valence-corrected chi connectivity index (χ1v) is 5.58. The van der Waals surface area contributed by atoms with E-state index in [4.69, 9.17) is 11.6 Å². The predicted octanol–water partition coefficient (Wildman–Crippen LogP) is 5.01. The van der Waals surface area contributed by atoms with E-state index in [2.05, 4.69) is 0 Å². The van der Waals surface area contributed by atoms with Crippen LogP contribution in [0.5, 0.6) is 0 Å². The molecule has 1 aromatic rings. The van der Waals surface area contributed by atoms with E-state index in [0.717, 1.165) is 5.56 Å². The molecule has 0 saturated carbocycles. The predicted molar refractivity (Wildman–Crippen MR) is 62.8 cm³/mol. The maximum atomic E-state index is 12.6. The molecule has 0 nitrogen and oxygen atoms in total. The Morgan fingerprint density at radius 1 is 1.18 bits per heavy atom. The third-order valence-electron chi connectivity index (χ3n) is 2.63. The first-order chi connectivity index (χ1) is 7.97. The van der Waals surface area contributed by atoms with Crippen LogP contribution in [0.4, 0.5) is 13.2 Å². The molecule has 0 atom stereocenters. The van der Waals surface area contributed by atoms with Gasteiger partial charge in [0.1, 0.15) is 0 Å². The van der Waals surface area contributed by atoms with Gasteiger partial charge in [-0.25, -0.2) is 0 Å².